The SMILES string of the molecule is CC(C)NC(=O)CN1CCN(CC2CSC3=C(O2)C(=O)C(=O)c2ccccc23)CC1. The zero-order valence-electron chi connectivity index (χ0n) is 17.3. The van der Waals surface area contributed by atoms with E-state index in [1.54, 1.807) is 23.9 Å². The van der Waals surface area contributed by atoms with Gasteiger partial charge in [-0.3, -0.25) is 24.2 Å². The third-order valence-electron chi connectivity index (χ3n) is 5.48. The number of nitrogens with zero attached hydrogens (tertiary/aromatic N) is 2. The summed E-state index contributed by atoms with van der Waals surface area (Å²) in [7, 11) is 0. The summed E-state index contributed by atoms with van der Waals surface area (Å²) in [5.41, 5.74) is 1.27. The molecule has 7 nitrogen and oxygen atoms in total. The molecule has 1 saturated heterocycles. The number of carbonyl (C=O) groups excluding carboxylic acids is 3. The normalized spacial score (nSPS) is 22.6. The van der Waals surface area contributed by atoms with Gasteiger partial charge in [0.1, 0.15) is 6.10 Å². The van der Waals surface area contributed by atoms with Crippen LogP contribution in [-0.4, -0.2) is 84.4 Å². The second kappa shape index (κ2) is 8.91. The van der Waals surface area contributed by atoms with Crippen molar-refractivity contribution in [2.45, 2.75) is 26.0 Å². The monoisotopic (exact) mass is 429 g/mol. The van der Waals surface area contributed by atoms with Gasteiger partial charge < -0.3 is 10.1 Å². The maximum Gasteiger partial charge on any atom is 0.269 e. The molecule has 1 amide bonds. The molecule has 8 heteroatoms. The minimum atomic E-state index is -0.540. The van der Waals surface area contributed by atoms with Gasteiger partial charge in [-0.15, -0.1) is 11.8 Å². The van der Waals surface area contributed by atoms with Gasteiger partial charge in [-0.05, 0) is 13.8 Å². The number of allylic oxidation sites excluding steroid dienone is 1. The first kappa shape index (κ1) is 21.1. The smallest absolute Gasteiger partial charge is 0.269 e. The second-order valence-corrected chi connectivity index (χ2v) is 9.24. The first-order chi connectivity index (χ1) is 14.4. The van der Waals surface area contributed by atoms with Gasteiger partial charge in [0.2, 0.25) is 11.7 Å². The molecule has 2 heterocycles. The quantitative estimate of drug-likeness (QED) is 0.709. The summed E-state index contributed by atoms with van der Waals surface area (Å²) < 4.78 is 6.04. The van der Waals surface area contributed by atoms with Crippen molar-refractivity contribution >= 4 is 34.1 Å². The summed E-state index contributed by atoms with van der Waals surface area (Å²) in [6.07, 6.45) is -0.133. The molecule has 1 unspecified atom stereocenters. The molecule has 3 aliphatic rings. The Kier molecular flexibility index (Phi) is 6.26. The Balaban J connectivity index is 1.33. The van der Waals surface area contributed by atoms with Gasteiger partial charge in [-0.2, -0.15) is 0 Å². The van der Waals surface area contributed by atoms with Gasteiger partial charge in [-0.1, -0.05) is 24.3 Å². The summed E-state index contributed by atoms with van der Waals surface area (Å²) in [6.45, 7) is 8.40. The van der Waals surface area contributed by atoms with Crippen molar-refractivity contribution in [3.63, 3.8) is 0 Å². The number of fused-ring (bicyclic) bond motifs is 2. The van der Waals surface area contributed by atoms with Crippen LogP contribution in [0.25, 0.3) is 4.91 Å². The highest BCUT2D eigenvalue weighted by atomic mass is 32.2. The molecule has 160 valence electrons. The van der Waals surface area contributed by atoms with Crippen LogP contribution in [0.2, 0.25) is 0 Å². The number of nitrogens with one attached hydrogen (secondary N) is 1. The molecule has 0 bridgehead atoms. The van der Waals surface area contributed by atoms with E-state index < -0.39 is 11.6 Å². The van der Waals surface area contributed by atoms with Crippen molar-refractivity contribution in [3.8, 4) is 0 Å². The lowest BCUT2D eigenvalue weighted by molar-refractivity contribution is -0.123. The van der Waals surface area contributed by atoms with Crippen LogP contribution in [0.15, 0.2) is 30.0 Å². The molecule has 1 aromatic rings. The molecular weight excluding hydrogens is 402 g/mol. The third-order valence-corrected chi connectivity index (χ3v) is 6.71. The van der Waals surface area contributed by atoms with E-state index in [0.717, 1.165) is 42.4 Å². The summed E-state index contributed by atoms with van der Waals surface area (Å²) in [6, 6.07) is 7.38. The number of ketones is 2. The molecule has 4 rings (SSSR count). The van der Waals surface area contributed by atoms with Gasteiger partial charge >= 0.3 is 0 Å². The predicted molar refractivity (Wildman–Crippen MR) is 116 cm³/mol. The number of hydrogen-bond donors (Lipinski definition) is 1. The van der Waals surface area contributed by atoms with Gasteiger partial charge in [0.25, 0.3) is 5.78 Å². The molecule has 0 radical (unpaired) electrons. The number of benzene rings is 1. The molecule has 30 heavy (non-hydrogen) atoms. The number of hydrogen-bond acceptors (Lipinski definition) is 7. The average Bonchev–Trinajstić information content (AvgIpc) is 2.73. The Morgan fingerprint density at radius 3 is 2.47 bits per heavy atom. The first-order valence-electron chi connectivity index (χ1n) is 10.4. The van der Waals surface area contributed by atoms with E-state index in [2.05, 4.69) is 15.1 Å². The maximum absolute atomic E-state index is 12.6. The second-order valence-electron chi connectivity index (χ2n) is 8.21. The van der Waals surface area contributed by atoms with Crippen molar-refractivity contribution < 1.29 is 19.1 Å². The topological polar surface area (TPSA) is 79.0 Å². The lowest BCUT2D eigenvalue weighted by Gasteiger charge is -2.37. The van der Waals surface area contributed by atoms with Crippen LogP contribution in [-0.2, 0) is 14.3 Å². The van der Waals surface area contributed by atoms with E-state index in [1.165, 1.54) is 0 Å². The number of carbonyl (C=O) groups is 3. The minimum absolute atomic E-state index is 0.0608. The van der Waals surface area contributed by atoms with Crippen LogP contribution in [0, 0.1) is 0 Å². The van der Waals surface area contributed by atoms with E-state index in [1.807, 2.05) is 26.0 Å². The van der Waals surface area contributed by atoms with E-state index in [4.69, 9.17) is 4.74 Å². The Hall–Kier alpha value is -2.16. The zero-order valence-corrected chi connectivity index (χ0v) is 18.2. The van der Waals surface area contributed by atoms with E-state index >= 15 is 0 Å². The molecule has 1 atom stereocenters. The van der Waals surface area contributed by atoms with Crippen LogP contribution in [0.3, 0.4) is 0 Å². The fraction of sp³-hybridized carbons (Fsp3) is 0.500. The average molecular weight is 430 g/mol. The van der Waals surface area contributed by atoms with Crippen molar-refractivity contribution in [1.29, 1.82) is 0 Å². The predicted octanol–water partition coefficient (Wildman–Crippen LogP) is 1.39. The minimum Gasteiger partial charge on any atom is -0.483 e. The summed E-state index contributed by atoms with van der Waals surface area (Å²) in [5.74, 6) is -0.0125. The standard InChI is InChI=1S/C22H27N3O4S/c1-14(2)23-18(26)12-25-9-7-24(8-10-25)11-15-13-30-22-17-6-4-3-5-16(17)19(27)20(28)21(22)29-15/h3-6,14-15H,7-13H2,1-2H3,(H,23,26). The van der Waals surface area contributed by atoms with E-state index in [0.29, 0.717) is 18.7 Å². The number of thioether (sulfide) groups is 1. The van der Waals surface area contributed by atoms with Gasteiger partial charge in [0.05, 0.1) is 11.4 Å². The highest BCUT2D eigenvalue weighted by molar-refractivity contribution is 8.08. The molecule has 0 spiro atoms. The number of amides is 1. The Morgan fingerprint density at radius 2 is 1.77 bits per heavy atom. The molecule has 2 aliphatic heterocycles. The largest absolute Gasteiger partial charge is 0.483 e. The summed E-state index contributed by atoms with van der Waals surface area (Å²) in [4.78, 5) is 42.2. The molecule has 1 aromatic carbocycles. The van der Waals surface area contributed by atoms with Crippen LogP contribution in [0.1, 0.15) is 29.8 Å². The summed E-state index contributed by atoms with van der Waals surface area (Å²) >= 11 is 1.60. The lowest BCUT2D eigenvalue weighted by Crippen LogP contribution is -2.52. The Labute approximate surface area is 180 Å². The number of ether oxygens (including phenoxy) is 1. The van der Waals surface area contributed by atoms with Crippen molar-refractivity contribution in [3.05, 3.63) is 41.2 Å². The Morgan fingerprint density at radius 1 is 1.10 bits per heavy atom. The molecular formula is C22H27N3O4S. The van der Waals surface area contributed by atoms with E-state index in [-0.39, 0.29) is 23.8 Å². The molecule has 1 N–H and O–H groups in total. The van der Waals surface area contributed by atoms with Crippen LogP contribution >= 0.6 is 11.8 Å². The van der Waals surface area contributed by atoms with Crippen molar-refractivity contribution in [1.82, 2.24) is 15.1 Å². The Bertz CT molecular complexity index is 890. The van der Waals surface area contributed by atoms with Crippen molar-refractivity contribution in [2.24, 2.45) is 0 Å². The first-order valence-corrected chi connectivity index (χ1v) is 11.4. The highest BCUT2D eigenvalue weighted by Gasteiger charge is 2.38. The van der Waals surface area contributed by atoms with Crippen LogP contribution in [0.5, 0.6) is 0 Å². The van der Waals surface area contributed by atoms with Gasteiger partial charge in [0, 0.05) is 55.6 Å². The number of Topliss-reactive ketones (excluding diaryl/α,β-unsaturated/α-hetero) is 2. The highest BCUT2D eigenvalue weighted by Crippen LogP contribution is 2.42. The van der Waals surface area contributed by atoms with Crippen LogP contribution < -0.4 is 5.32 Å². The fourth-order valence-electron chi connectivity index (χ4n) is 4.04. The number of rotatable bonds is 5. The van der Waals surface area contributed by atoms with Gasteiger partial charge in [-0.25, -0.2) is 0 Å². The molecule has 1 fully saturated rings. The molecule has 0 saturated carbocycles. The summed E-state index contributed by atoms with van der Waals surface area (Å²) in [5, 5.41) is 2.93. The third kappa shape index (κ3) is 4.45. The van der Waals surface area contributed by atoms with Gasteiger partial charge in [0.15, 0.2) is 5.76 Å². The maximum atomic E-state index is 12.6. The number of piperazine rings is 1. The zero-order chi connectivity index (χ0) is 21.3. The van der Waals surface area contributed by atoms with Crippen molar-refractivity contribution in [2.75, 3.05) is 45.0 Å². The molecule has 0 aromatic heterocycles. The van der Waals surface area contributed by atoms with Crippen LogP contribution in [0.4, 0.5) is 0 Å². The lowest BCUT2D eigenvalue weighted by atomic mass is 9.94. The fourth-order valence-corrected chi connectivity index (χ4v) is 5.17. The molecule has 1 aliphatic carbocycles. The van der Waals surface area contributed by atoms with E-state index in [9.17, 15) is 14.4 Å².